The minimum Gasteiger partial charge on any atom is -0.360 e. The molecular weight excluding hydrogens is 390 g/mol. The van der Waals surface area contributed by atoms with E-state index in [9.17, 15) is 4.79 Å². The van der Waals surface area contributed by atoms with Gasteiger partial charge in [0.25, 0.3) is 5.91 Å². The molecule has 0 aliphatic carbocycles. The highest BCUT2D eigenvalue weighted by Gasteiger charge is 2.26. The van der Waals surface area contributed by atoms with Crippen molar-refractivity contribution in [2.75, 3.05) is 18.4 Å². The van der Waals surface area contributed by atoms with Crippen LogP contribution in [0.2, 0.25) is 5.02 Å². The Bertz CT molecular complexity index is 1230. The van der Waals surface area contributed by atoms with Crippen LogP contribution in [0.5, 0.6) is 0 Å². The Morgan fingerprint density at radius 3 is 2.93 bits per heavy atom. The number of nitrogens with zero attached hydrogens (tertiary/aromatic N) is 5. The number of H-pyrrole nitrogens is 1. The molecule has 29 heavy (non-hydrogen) atoms. The van der Waals surface area contributed by atoms with Gasteiger partial charge in [0.1, 0.15) is 17.5 Å². The molecule has 1 unspecified atom stereocenters. The van der Waals surface area contributed by atoms with E-state index in [2.05, 4.69) is 25.3 Å². The van der Waals surface area contributed by atoms with E-state index >= 15 is 0 Å². The maximum absolute atomic E-state index is 13.0. The molecule has 8 nitrogen and oxygen atoms in total. The average Bonchev–Trinajstić information content (AvgIpc) is 3.16. The molecule has 146 valence electrons. The lowest BCUT2D eigenvalue weighted by Gasteiger charge is -2.31. The normalized spacial score (nSPS) is 14.8. The number of imidazole rings is 1. The number of benzene rings is 1. The topological polar surface area (TPSA) is 99.7 Å². The first-order valence-electron chi connectivity index (χ1n) is 9.41. The number of rotatable bonds is 4. The Balaban J connectivity index is 1.57. The van der Waals surface area contributed by atoms with E-state index in [4.69, 9.17) is 16.6 Å². The van der Waals surface area contributed by atoms with Crippen molar-refractivity contribution in [1.29, 1.82) is 0 Å². The lowest BCUT2D eigenvalue weighted by atomic mass is 10.0. The Morgan fingerprint density at radius 2 is 2.14 bits per heavy atom. The molecule has 1 aromatic carbocycles. The van der Waals surface area contributed by atoms with Crippen LogP contribution in [0.1, 0.15) is 35.6 Å². The SMILES string of the molecule is CC(Nc1ncnc2nc[nH]c12)c1cc2cccc(Cl)c2c(C(=O)N2CCC2)n1. The van der Waals surface area contributed by atoms with Crippen LogP contribution in [0.15, 0.2) is 36.9 Å². The van der Waals surface area contributed by atoms with E-state index in [1.54, 1.807) is 17.3 Å². The summed E-state index contributed by atoms with van der Waals surface area (Å²) >= 11 is 6.43. The number of carbonyl (C=O) groups excluding carboxylic acids is 1. The molecule has 0 spiro atoms. The quantitative estimate of drug-likeness (QED) is 0.536. The second-order valence-corrected chi connectivity index (χ2v) is 7.48. The first-order chi connectivity index (χ1) is 14.1. The number of fused-ring (bicyclic) bond motifs is 2. The van der Waals surface area contributed by atoms with Crippen LogP contribution in [-0.2, 0) is 0 Å². The van der Waals surface area contributed by atoms with Crippen LogP contribution >= 0.6 is 11.6 Å². The van der Waals surface area contributed by atoms with Gasteiger partial charge in [-0.15, -0.1) is 0 Å². The lowest BCUT2D eigenvalue weighted by molar-refractivity contribution is 0.0647. The van der Waals surface area contributed by atoms with Crippen molar-refractivity contribution < 1.29 is 4.79 Å². The summed E-state index contributed by atoms with van der Waals surface area (Å²) in [5, 5.41) is 5.45. The molecule has 0 saturated carbocycles. The summed E-state index contributed by atoms with van der Waals surface area (Å²) in [6, 6.07) is 7.36. The van der Waals surface area contributed by atoms with Crippen LogP contribution in [-0.4, -0.2) is 48.8 Å². The van der Waals surface area contributed by atoms with Crippen molar-refractivity contribution in [2.45, 2.75) is 19.4 Å². The predicted octanol–water partition coefficient (Wildman–Crippen LogP) is 3.57. The van der Waals surface area contributed by atoms with E-state index in [1.165, 1.54) is 6.33 Å². The highest BCUT2D eigenvalue weighted by molar-refractivity contribution is 6.36. The Morgan fingerprint density at radius 1 is 1.28 bits per heavy atom. The second-order valence-electron chi connectivity index (χ2n) is 7.07. The van der Waals surface area contributed by atoms with Gasteiger partial charge in [0, 0.05) is 18.5 Å². The van der Waals surface area contributed by atoms with Gasteiger partial charge < -0.3 is 15.2 Å². The van der Waals surface area contributed by atoms with Crippen molar-refractivity contribution in [3.8, 4) is 0 Å². The van der Waals surface area contributed by atoms with Gasteiger partial charge >= 0.3 is 0 Å². The number of hydrogen-bond acceptors (Lipinski definition) is 6. The van der Waals surface area contributed by atoms with Gasteiger partial charge in [0.2, 0.25) is 0 Å². The fourth-order valence-electron chi connectivity index (χ4n) is 3.49. The number of likely N-dealkylation sites (tertiary alicyclic amines) is 1. The smallest absolute Gasteiger partial charge is 0.273 e. The summed E-state index contributed by atoms with van der Waals surface area (Å²) in [7, 11) is 0. The first-order valence-corrected chi connectivity index (χ1v) is 9.78. The zero-order valence-corrected chi connectivity index (χ0v) is 16.4. The number of halogens is 1. The number of aromatic amines is 1. The Labute approximate surface area is 171 Å². The summed E-state index contributed by atoms with van der Waals surface area (Å²) in [5.74, 6) is 0.546. The minimum absolute atomic E-state index is 0.0820. The van der Waals surface area contributed by atoms with Gasteiger partial charge in [-0.05, 0) is 30.9 Å². The molecule has 4 heterocycles. The fourth-order valence-corrected chi connectivity index (χ4v) is 3.76. The first kappa shape index (κ1) is 17.8. The van der Waals surface area contributed by atoms with E-state index in [0.29, 0.717) is 27.6 Å². The van der Waals surface area contributed by atoms with Crippen LogP contribution in [0.4, 0.5) is 5.82 Å². The molecule has 1 aliphatic heterocycles. The second kappa shape index (κ2) is 6.97. The number of aromatic nitrogens is 5. The van der Waals surface area contributed by atoms with Crippen LogP contribution in [0, 0.1) is 0 Å². The van der Waals surface area contributed by atoms with E-state index in [1.807, 2.05) is 25.1 Å². The monoisotopic (exact) mass is 407 g/mol. The number of carbonyl (C=O) groups is 1. The molecule has 0 radical (unpaired) electrons. The zero-order chi connectivity index (χ0) is 20.0. The van der Waals surface area contributed by atoms with Crippen LogP contribution in [0.25, 0.3) is 21.9 Å². The van der Waals surface area contributed by atoms with E-state index < -0.39 is 0 Å². The number of anilines is 1. The standard InChI is InChI=1S/C20H18ClN7O/c1-11(26-19-17-18(23-9-22-17)24-10-25-19)14-8-12-4-2-5-13(21)15(12)16(27-14)20(29)28-6-3-7-28/h2,4-5,8-11H,3,6-7H2,1H3,(H2,22,23,24,25,26). The number of amides is 1. The lowest BCUT2D eigenvalue weighted by Crippen LogP contribution is -2.42. The minimum atomic E-state index is -0.206. The molecule has 0 bridgehead atoms. The number of pyridine rings is 1. The third kappa shape index (κ3) is 3.05. The summed E-state index contributed by atoms with van der Waals surface area (Å²) in [6.07, 6.45) is 4.06. The molecule has 2 N–H and O–H groups in total. The van der Waals surface area contributed by atoms with Gasteiger partial charge in [-0.1, -0.05) is 23.7 Å². The number of nitrogens with one attached hydrogen (secondary N) is 2. The average molecular weight is 408 g/mol. The molecule has 1 atom stereocenters. The van der Waals surface area contributed by atoms with Crippen molar-refractivity contribution >= 4 is 45.3 Å². The van der Waals surface area contributed by atoms with Crippen molar-refractivity contribution in [2.24, 2.45) is 0 Å². The fraction of sp³-hybridized carbons (Fsp3) is 0.250. The maximum Gasteiger partial charge on any atom is 0.273 e. The Hall–Kier alpha value is -3.26. The highest BCUT2D eigenvalue weighted by Crippen LogP contribution is 2.31. The zero-order valence-electron chi connectivity index (χ0n) is 15.7. The van der Waals surface area contributed by atoms with E-state index in [-0.39, 0.29) is 11.9 Å². The van der Waals surface area contributed by atoms with Crippen molar-refractivity contribution in [3.05, 3.63) is 53.3 Å². The van der Waals surface area contributed by atoms with Crippen molar-refractivity contribution in [1.82, 2.24) is 29.8 Å². The summed E-state index contributed by atoms with van der Waals surface area (Å²) in [4.78, 5) is 35.2. The summed E-state index contributed by atoms with van der Waals surface area (Å²) < 4.78 is 0. The summed E-state index contributed by atoms with van der Waals surface area (Å²) in [6.45, 7) is 3.48. The Kier molecular flexibility index (Phi) is 4.28. The molecule has 9 heteroatoms. The van der Waals surface area contributed by atoms with Crippen LogP contribution in [0.3, 0.4) is 0 Å². The third-order valence-corrected chi connectivity index (χ3v) is 5.51. The van der Waals surface area contributed by atoms with E-state index in [0.717, 1.165) is 36.1 Å². The number of hydrogen-bond donors (Lipinski definition) is 2. The van der Waals surface area contributed by atoms with Gasteiger partial charge in [0.15, 0.2) is 11.5 Å². The molecule has 1 saturated heterocycles. The molecule has 1 amide bonds. The van der Waals surface area contributed by atoms with Crippen molar-refractivity contribution in [3.63, 3.8) is 0 Å². The molecule has 1 aliphatic rings. The summed E-state index contributed by atoms with van der Waals surface area (Å²) in [5.41, 5.74) is 2.43. The van der Waals surface area contributed by atoms with Gasteiger partial charge in [0.05, 0.1) is 23.1 Å². The predicted molar refractivity (Wildman–Crippen MR) is 111 cm³/mol. The molecule has 3 aromatic heterocycles. The van der Waals surface area contributed by atoms with Gasteiger partial charge in [-0.3, -0.25) is 4.79 Å². The van der Waals surface area contributed by atoms with Gasteiger partial charge in [-0.2, -0.15) is 0 Å². The largest absolute Gasteiger partial charge is 0.360 e. The molecule has 5 rings (SSSR count). The van der Waals surface area contributed by atoms with Gasteiger partial charge in [-0.25, -0.2) is 19.9 Å². The van der Waals surface area contributed by atoms with Crippen LogP contribution < -0.4 is 5.32 Å². The molecular formula is C20H18ClN7O. The maximum atomic E-state index is 13.0. The third-order valence-electron chi connectivity index (χ3n) is 5.19. The highest BCUT2D eigenvalue weighted by atomic mass is 35.5. The molecule has 4 aromatic rings. The molecule has 1 fully saturated rings.